The van der Waals surface area contributed by atoms with E-state index >= 15 is 0 Å². The Hall–Kier alpha value is -4.06. The van der Waals surface area contributed by atoms with Gasteiger partial charge in [-0.1, -0.05) is 78.4 Å². The lowest BCUT2D eigenvalue weighted by molar-refractivity contribution is -0.127. The van der Waals surface area contributed by atoms with E-state index in [0.29, 0.717) is 6.42 Å². The van der Waals surface area contributed by atoms with Crippen molar-refractivity contribution >= 4 is 22.9 Å². The number of aromatic nitrogens is 1. The predicted octanol–water partition coefficient (Wildman–Crippen LogP) is 5.58. The highest BCUT2D eigenvalue weighted by Crippen LogP contribution is 2.24. The first-order chi connectivity index (χ1) is 16.8. The molecule has 2 amide bonds. The second-order valence-corrected chi connectivity index (χ2v) is 9.16. The van der Waals surface area contributed by atoms with Crippen molar-refractivity contribution in [3.63, 3.8) is 0 Å². The van der Waals surface area contributed by atoms with Gasteiger partial charge in [0.25, 0.3) is 0 Å². The zero-order valence-electron chi connectivity index (χ0n) is 20.3. The molecule has 4 rings (SSSR count). The number of alkyl carbamates (subject to hydrolysis) is 1. The average molecular weight is 470 g/mol. The Labute approximate surface area is 205 Å². The zero-order valence-corrected chi connectivity index (χ0v) is 20.3. The first-order valence-corrected chi connectivity index (χ1v) is 11.8. The van der Waals surface area contributed by atoms with Gasteiger partial charge in [-0.2, -0.15) is 0 Å². The first-order valence-electron chi connectivity index (χ1n) is 11.8. The van der Waals surface area contributed by atoms with Crippen LogP contribution in [0.4, 0.5) is 4.79 Å². The number of rotatable bonds is 8. The molecule has 0 radical (unpaired) electrons. The summed E-state index contributed by atoms with van der Waals surface area (Å²) in [6.45, 7) is 5.81. The van der Waals surface area contributed by atoms with Crippen LogP contribution in [0.1, 0.15) is 42.1 Å². The number of amides is 2. The number of fused-ring (bicyclic) bond motifs is 1. The fourth-order valence-electron chi connectivity index (χ4n) is 4.12. The number of carbonyl (C=O) groups excluding carboxylic acids is 2. The summed E-state index contributed by atoms with van der Waals surface area (Å²) < 4.78 is 5.45. The Balaban J connectivity index is 1.54. The van der Waals surface area contributed by atoms with E-state index in [4.69, 9.17) is 4.74 Å². The highest BCUT2D eigenvalue weighted by molar-refractivity contribution is 5.91. The van der Waals surface area contributed by atoms with Gasteiger partial charge >= 0.3 is 6.09 Å². The molecule has 0 saturated heterocycles. The summed E-state index contributed by atoms with van der Waals surface area (Å²) in [6.07, 6.45) is 1.54. The van der Waals surface area contributed by atoms with Crippen LogP contribution in [-0.2, 0) is 22.6 Å². The lowest BCUT2D eigenvalue weighted by atomic mass is 9.91. The summed E-state index contributed by atoms with van der Waals surface area (Å²) >= 11 is 0. The van der Waals surface area contributed by atoms with E-state index in [9.17, 15) is 9.59 Å². The molecule has 0 saturated carbocycles. The SMILES string of the molecule is Cc1ccc(C(C)NC(=O)C(C)(Cc2c[nH]c3ccccc23)NC(=O)OCc2ccccc2)cc1. The molecule has 6 heteroatoms. The number of hydrogen-bond donors (Lipinski definition) is 3. The van der Waals surface area contributed by atoms with Crippen molar-refractivity contribution in [2.45, 2.75) is 45.4 Å². The summed E-state index contributed by atoms with van der Waals surface area (Å²) in [5, 5.41) is 6.93. The number of aryl methyl sites for hydroxylation is 1. The van der Waals surface area contributed by atoms with E-state index in [1.54, 1.807) is 6.92 Å². The molecule has 35 heavy (non-hydrogen) atoms. The van der Waals surface area contributed by atoms with Gasteiger partial charge in [0.15, 0.2) is 0 Å². The van der Waals surface area contributed by atoms with Crippen molar-refractivity contribution in [1.82, 2.24) is 15.6 Å². The first kappa shape index (κ1) is 24.1. The average Bonchev–Trinajstić information content (AvgIpc) is 3.26. The molecule has 2 unspecified atom stereocenters. The van der Waals surface area contributed by atoms with Gasteiger partial charge in [-0.15, -0.1) is 0 Å². The number of H-pyrrole nitrogens is 1. The number of hydrogen-bond acceptors (Lipinski definition) is 3. The molecule has 0 fully saturated rings. The van der Waals surface area contributed by atoms with E-state index in [1.165, 1.54) is 0 Å². The molecule has 1 heterocycles. The molecule has 2 atom stereocenters. The Morgan fingerprint density at radius 1 is 0.971 bits per heavy atom. The molecule has 4 aromatic rings. The number of aromatic amines is 1. The maximum Gasteiger partial charge on any atom is 0.408 e. The fraction of sp³-hybridized carbons (Fsp3) is 0.241. The van der Waals surface area contributed by atoms with Gasteiger partial charge in [0.05, 0.1) is 6.04 Å². The third-order valence-corrected chi connectivity index (χ3v) is 6.24. The van der Waals surface area contributed by atoms with Gasteiger partial charge in [-0.3, -0.25) is 4.79 Å². The molecular formula is C29H31N3O3. The molecular weight excluding hydrogens is 438 g/mol. The van der Waals surface area contributed by atoms with Crippen LogP contribution in [0, 0.1) is 6.92 Å². The van der Waals surface area contributed by atoms with Crippen molar-refractivity contribution in [3.8, 4) is 0 Å². The second kappa shape index (κ2) is 10.5. The molecule has 0 spiro atoms. The molecule has 3 N–H and O–H groups in total. The highest BCUT2D eigenvalue weighted by atomic mass is 16.5. The predicted molar refractivity (Wildman–Crippen MR) is 138 cm³/mol. The summed E-state index contributed by atoms with van der Waals surface area (Å²) in [6, 6.07) is 25.1. The molecule has 1 aromatic heterocycles. The summed E-state index contributed by atoms with van der Waals surface area (Å²) in [5.74, 6) is -0.285. The van der Waals surface area contributed by atoms with Crippen LogP contribution in [0.25, 0.3) is 10.9 Å². The van der Waals surface area contributed by atoms with Crippen molar-refractivity contribution < 1.29 is 14.3 Å². The summed E-state index contributed by atoms with van der Waals surface area (Å²) in [5.41, 5.74) is 3.69. The molecule has 0 aliphatic carbocycles. The van der Waals surface area contributed by atoms with E-state index in [1.807, 2.05) is 98.9 Å². The normalized spacial score (nSPS) is 13.6. The van der Waals surface area contributed by atoms with Crippen molar-refractivity contribution in [3.05, 3.63) is 107 Å². The van der Waals surface area contributed by atoms with E-state index in [-0.39, 0.29) is 18.6 Å². The van der Waals surface area contributed by atoms with Gasteiger partial charge in [0.1, 0.15) is 12.1 Å². The van der Waals surface area contributed by atoms with Crippen LogP contribution in [0.2, 0.25) is 0 Å². The Morgan fingerprint density at radius 2 is 1.66 bits per heavy atom. The molecule has 180 valence electrons. The lowest BCUT2D eigenvalue weighted by Gasteiger charge is -2.31. The minimum atomic E-state index is -1.24. The van der Waals surface area contributed by atoms with Gasteiger partial charge in [-0.05, 0) is 43.5 Å². The third kappa shape index (κ3) is 5.90. The Bertz CT molecular complexity index is 1300. The summed E-state index contributed by atoms with van der Waals surface area (Å²) in [7, 11) is 0. The van der Waals surface area contributed by atoms with E-state index < -0.39 is 11.6 Å². The molecule has 0 bridgehead atoms. The highest BCUT2D eigenvalue weighted by Gasteiger charge is 2.37. The maximum atomic E-state index is 13.6. The number of para-hydroxylation sites is 1. The van der Waals surface area contributed by atoms with Crippen LogP contribution in [0.5, 0.6) is 0 Å². The monoisotopic (exact) mass is 469 g/mol. The van der Waals surface area contributed by atoms with Crippen molar-refractivity contribution in [2.24, 2.45) is 0 Å². The number of ether oxygens (including phenoxy) is 1. The van der Waals surface area contributed by atoms with Gasteiger partial charge < -0.3 is 20.4 Å². The maximum absolute atomic E-state index is 13.6. The standard InChI is InChI=1S/C29H31N3O3/c1-20-13-15-23(16-14-20)21(2)31-27(33)29(3,17-24-18-30-26-12-8-7-11-25(24)26)32-28(34)35-19-22-9-5-4-6-10-22/h4-16,18,21,30H,17,19H2,1-3H3,(H,31,33)(H,32,34). The summed E-state index contributed by atoms with van der Waals surface area (Å²) in [4.78, 5) is 29.6. The Kier molecular flexibility index (Phi) is 7.20. The third-order valence-electron chi connectivity index (χ3n) is 6.24. The largest absolute Gasteiger partial charge is 0.445 e. The van der Waals surface area contributed by atoms with Crippen LogP contribution in [0.15, 0.2) is 85.1 Å². The minimum absolute atomic E-state index is 0.122. The van der Waals surface area contributed by atoms with Crippen molar-refractivity contribution in [1.29, 1.82) is 0 Å². The zero-order chi connectivity index (χ0) is 24.8. The molecule has 6 nitrogen and oxygen atoms in total. The quantitative estimate of drug-likeness (QED) is 0.315. The van der Waals surface area contributed by atoms with Crippen LogP contribution in [-0.4, -0.2) is 22.5 Å². The topological polar surface area (TPSA) is 83.2 Å². The molecule has 3 aromatic carbocycles. The van der Waals surface area contributed by atoms with Gasteiger partial charge in [0.2, 0.25) is 5.91 Å². The number of carbonyl (C=O) groups is 2. The molecule has 0 aliphatic heterocycles. The van der Waals surface area contributed by atoms with E-state index in [0.717, 1.165) is 33.2 Å². The molecule has 0 aliphatic rings. The van der Waals surface area contributed by atoms with E-state index in [2.05, 4.69) is 15.6 Å². The second-order valence-electron chi connectivity index (χ2n) is 9.16. The fourth-order valence-corrected chi connectivity index (χ4v) is 4.12. The van der Waals surface area contributed by atoms with Gasteiger partial charge in [-0.25, -0.2) is 4.79 Å². The smallest absolute Gasteiger partial charge is 0.408 e. The lowest BCUT2D eigenvalue weighted by Crippen LogP contribution is -2.58. The van der Waals surface area contributed by atoms with Crippen LogP contribution in [0.3, 0.4) is 0 Å². The number of nitrogens with one attached hydrogen (secondary N) is 3. The van der Waals surface area contributed by atoms with Crippen LogP contribution < -0.4 is 10.6 Å². The number of benzene rings is 3. The van der Waals surface area contributed by atoms with Gasteiger partial charge in [0, 0.05) is 23.5 Å². The minimum Gasteiger partial charge on any atom is -0.445 e. The van der Waals surface area contributed by atoms with Crippen molar-refractivity contribution in [2.75, 3.05) is 0 Å². The van der Waals surface area contributed by atoms with Crippen LogP contribution >= 0.6 is 0 Å². The Morgan fingerprint density at radius 3 is 2.40 bits per heavy atom.